The number of amides is 1. The first-order valence-electron chi connectivity index (χ1n) is 11.5. The molecule has 2 fully saturated rings. The van der Waals surface area contributed by atoms with Gasteiger partial charge in [0.2, 0.25) is 5.89 Å². The quantitative estimate of drug-likeness (QED) is 0.524. The summed E-state index contributed by atoms with van der Waals surface area (Å²) in [6.45, 7) is 11.5. The molecule has 1 aromatic heterocycles. The lowest BCUT2D eigenvalue weighted by atomic mass is 9.97. The van der Waals surface area contributed by atoms with Crippen LogP contribution >= 0.6 is 0 Å². The highest BCUT2D eigenvalue weighted by Crippen LogP contribution is 2.19. The van der Waals surface area contributed by atoms with E-state index in [0.29, 0.717) is 18.6 Å². The lowest BCUT2D eigenvalue weighted by Crippen LogP contribution is -2.50. The average molecular weight is 435 g/mol. The van der Waals surface area contributed by atoms with E-state index >= 15 is 0 Å². The molecule has 0 aromatic carbocycles. The van der Waals surface area contributed by atoms with Crippen molar-refractivity contribution in [3.63, 3.8) is 0 Å². The standard InChI is InChI=1S/C22H38N6O3/c1-5-30-22(29)28-12-8-19(9-13-28)26-21(23-4)24-14-18-6-10-27(11-7-18)15-20-25-16(2)17(3)31-20/h18-19H,5-15H2,1-4H3,(H2,23,24,26). The maximum absolute atomic E-state index is 11.8. The van der Waals surface area contributed by atoms with Crippen LogP contribution in [0.25, 0.3) is 0 Å². The molecule has 0 atom stereocenters. The Kier molecular flexibility index (Phi) is 8.57. The van der Waals surface area contributed by atoms with Gasteiger partial charge in [-0.1, -0.05) is 0 Å². The predicted octanol–water partition coefficient (Wildman–Crippen LogP) is 2.29. The van der Waals surface area contributed by atoms with E-state index in [2.05, 4.69) is 25.5 Å². The fourth-order valence-electron chi connectivity index (χ4n) is 4.20. The third-order valence-corrected chi connectivity index (χ3v) is 6.28. The third-order valence-electron chi connectivity index (χ3n) is 6.28. The van der Waals surface area contributed by atoms with E-state index in [0.717, 1.165) is 88.3 Å². The minimum Gasteiger partial charge on any atom is -0.450 e. The normalized spacial score (nSPS) is 19.5. The molecule has 2 N–H and O–H groups in total. The number of guanidine groups is 1. The summed E-state index contributed by atoms with van der Waals surface area (Å²) < 4.78 is 10.8. The third kappa shape index (κ3) is 6.85. The van der Waals surface area contributed by atoms with E-state index in [9.17, 15) is 4.79 Å². The van der Waals surface area contributed by atoms with Gasteiger partial charge in [-0.25, -0.2) is 9.78 Å². The second-order valence-corrected chi connectivity index (χ2v) is 8.53. The van der Waals surface area contributed by atoms with Gasteiger partial charge in [0.05, 0.1) is 18.8 Å². The lowest BCUT2D eigenvalue weighted by molar-refractivity contribution is 0.0963. The number of hydrogen-bond acceptors (Lipinski definition) is 6. The maximum Gasteiger partial charge on any atom is 0.409 e. The predicted molar refractivity (Wildman–Crippen MR) is 120 cm³/mol. The summed E-state index contributed by atoms with van der Waals surface area (Å²) in [5, 5.41) is 7.02. The van der Waals surface area contributed by atoms with E-state index < -0.39 is 0 Å². The summed E-state index contributed by atoms with van der Waals surface area (Å²) >= 11 is 0. The molecule has 2 saturated heterocycles. The summed E-state index contributed by atoms with van der Waals surface area (Å²) in [7, 11) is 1.81. The summed E-state index contributed by atoms with van der Waals surface area (Å²) in [6.07, 6.45) is 3.90. The largest absolute Gasteiger partial charge is 0.450 e. The van der Waals surface area contributed by atoms with Crippen LogP contribution in [-0.4, -0.2) is 79.3 Å². The molecule has 9 nitrogen and oxygen atoms in total. The molecule has 0 aliphatic carbocycles. The smallest absolute Gasteiger partial charge is 0.409 e. The molecule has 1 aromatic rings. The number of carbonyl (C=O) groups excluding carboxylic acids is 1. The second kappa shape index (κ2) is 11.4. The average Bonchev–Trinajstić information content (AvgIpc) is 3.09. The molecule has 174 valence electrons. The number of piperidine rings is 2. The molecule has 1 amide bonds. The molecule has 3 heterocycles. The number of likely N-dealkylation sites (tertiary alicyclic amines) is 2. The van der Waals surface area contributed by atoms with Crippen LogP contribution in [0.2, 0.25) is 0 Å². The van der Waals surface area contributed by atoms with Crippen molar-refractivity contribution in [2.24, 2.45) is 10.9 Å². The van der Waals surface area contributed by atoms with Crippen molar-refractivity contribution < 1.29 is 13.9 Å². The number of aromatic nitrogens is 1. The zero-order valence-electron chi connectivity index (χ0n) is 19.4. The molecule has 3 rings (SSSR count). The van der Waals surface area contributed by atoms with E-state index in [1.54, 1.807) is 4.90 Å². The van der Waals surface area contributed by atoms with E-state index in [-0.39, 0.29) is 6.09 Å². The first-order chi connectivity index (χ1) is 15.0. The molecule has 0 unspecified atom stereocenters. The van der Waals surface area contributed by atoms with Gasteiger partial charge in [0.25, 0.3) is 0 Å². The number of rotatable bonds is 6. The number of nitrogens with zero attached hydrogens (tertiary/aromatic N) is 4. The maximum atomic E-state index is 11.8. The van der Waals surface area contributed by atoms with Crippen molar-refractivity contribution in [2.75, 3.05) is 46.4 Å². The molecular weight excluding hydrogens is 396 g/mol. The Morgan fingerprint density at radius 1 is 1.19 bits per heavy atom. The Hall–Kier alpha value is -2.29. The fourth-order valence-corrected chi connectivity index (χ4v) is 4.20. The first-order valence-corrected chi connectivity index (χ1v) is 11.5. The first kappa shape index (κ1) is 23.4. The van der Waals surface area contributed by atoms with Gasteiger partial charge in [-0.15, -0.1) is 0 Å². The van der Waals surface area contributed by atoms with Gasteiger partial charge in [-0.05, 0) is 65.5 Å². The van der Waals surface area contributed by atoms with Gasteiger partial charge < -0.3 is 24.7 Å². The Morgan fingerprint density at radius 3 is 2.48 bits per heavy atom. The van der Waals surface area contributed by atoms with Crippen molar-refractivity contribution in [2.45, 2.75) is 59.0 Å². The Balaban J connectivity index is 1.34. The number of nitrogens with one attached hydrogen (secondary N) is 2. The van der Waals surface area contributed by atoms with E-state index in [1.807, 2.05) is 27.8 Å². The van der Waals surface area contributed by atoms with Crippen LogP contribution in [-0.2, 0) is 11.3 Å². The topological polar surface area (TPSA) is 95.2 Å². The van der Waals surface area contributed by atoms with Crippen LogP contribution < -0.4 is 10.6 Å². The number of ether oxygens (including phenoxy) is 1. The number of carbonyl (C=O) groups is 1. The zero-order valence-corrected chi connectivity index (χ0v) is 19.4. The number of aliphatic imine (C=N–C) groups is 1. The van der Waals surface area contributed by atoms with Crippen molar-refractivity contribution in [3.8, 4) is 0 Å². The van der Waals surface area contributed by atoms with Crippen LogP contribution in [0.3, 0.4) is 0 Å². The minimum atomic E-state index is -0.206. The van der Waals surface area contributed by atoms with Crippen LogP contribution in [0, 0.1) is 19.8 Å². The Morgan fingerprint density at radius 2 is 1.90 bits per heavy atom. The molecule has 0 saturated carbocycles. The number of hydrogen-bond donors (Lipinski definition) is 2. The van der Waals surface area contributed by atoms with Crippen molar-refractivity contribution in [3.05, 3.63) is 17.3 Å². The highest BCUT2D eigenvalue weighted by Gasteiger charge is 2.25. The second-order valence-electron chi connectivity index (χ2n) is 8.53. The molecule has 2 aliphatic rings. The molecule has 31 heavy (non-hydrogen) atoms. The van der Waals surface area contributed by atoms with Crippen molar-refractivity contribution >= 4 is 12.1 Å². The van der Waals surface area contributed by atoms with Gasteiger partial charge in [0.15, 0.2) is 5.96 Å². The lowest BCUT2D eigenvalue weighted by Gasteiger charge is -2.33. The van der Waals surface area contributed by atoms with Crippen LogP contribution in [0.5, 0.6) is 0 Å². The summed E-state index contributed by atoms with van der Waals surface area (Å²) in [5.74, 6) is 3.22. The Labute approximate surface area is 185 Å². The minimum absolute atomic E-state index is 0.206. The van der Waals surface area contributed by atoms with E-state index in [4.69, 9.17) is 9.15 Å². The number of aryl methyl sites for hydroxylation is 2. The Bertz CT molecular complexity index is 714. The summed E-state index contributed by atoms with van der Waals surface area (Å²) in [5.41, 5.74) is 0.986. The van der Waals surface area contributed by atoms with Crippen LogP contribution in [0.15, 0.2) is 9.41 Å². The van der Waals surface area contributed by atoms with Crippen LogP contribution in [0.4, 0.5) is 4.79 Å². The molecule has 9 heteroatoms. The highest BCUT2D eigenvalue weighted by molar-refractivity contribution is 5.80. The fraction of sp³-hybridized carbons (Fsp3) is 0.773. The van der Waals surface area contributed by atoms with Gasteiger partial charge >= 0.3 is 6.09 Å². The monoisotopic (exact) mass is 434 g/mol. The van der Waals surface area contributed by atoms with Crippen LogP contribution in [0.1, 0.15) is 50.0 Å². The number of oxazole rings is 1. The molecule has 0 spiro atoms. The SMILES string of the molecule is CCOC(=O)N1CCC(NC(=NC)NCC2CCN(Cc3nc(C)c(C)o3)CC2)CC1. The highest BCUT2D eigenvalue weighted by atomic mass is 16.6. The molecular formula is C22H38N6O3. The van der Waals surface area contributed by atoms with Gasteiger partial charge in [0, 0.05) is 32.7 Å². The van der Waals surface area contributed by atoms with E-state index in [1.165, 1.54) is 0 Å². The zero-order chi connectivity index (χ0) is 22.2. The van der Waals surface area contributed by atoms with Gasteiger partial charge in [0.1, 0.15) is 5.76 Å². The summed E-state index contributed by atoms with van der Waals surface area (Å²) in [4.78, 5) is 24.9. The molecule has 0 radical (unpaired) electrons. The molecule has 0 bridgehead atoms. The van der Waals surface area contributed by atoms with Crippen molar-refractivity contribution in [1.29, 1.82) is 0 Å². The molecule has 2 aliphatic heterocycles. The van der Waals surface area contributed by atoms with Crippen molar-refractivity contribution in [1.82, 2.24) is 25.4 Å². The van der Waals surface area contributed by atoms with Gasteiger partial charge in [-0.3, -0.25) is 9.89 Å². The summed E-state index contributed by atoms with van der Waals surface area (Å²) in [6, 6.07) is 0.325. The van der Waals surface area contributed by atoms with Gasteiger partial charge in [-0.2, -0.15) is 0 Å².